The van der Waals surface area contributed by atoms with Crippen molar-refractivity contribution in [3.8, 4) is 11.5 Å². The molecule has 2 aliphatic carbocycles. The monoisotopic (exact) mass is 706 g/mol. The molecule has 5 heteroatoms. The summed E-state index contributed by atoms with van der Waals surface area (Å²) < 4.78 is 38.5. The molecular weight excluding hydrogens is 670 g/mol. The maximum atomic E-state index is 15.0. The molecule has 0 bridgehead atoms. The fourth-order valence-corrected chi connectivity index (χ4v) is 8.09. The van der Waals surface area contributed by atoms with Gasteiger partial charge in [-0.25, -0.2) is 8.78 Å². The van der Waals surface area contributed by atoms with Crippen molar-refractivity contribution in [1.29, 1.82) is 0 Å². The Morgan fingerprint density at radius 2 is 0.953 bits per heavy atom. The van der Waals surface area contributed by atoms with Crippen molar-refractivity contribution in [2.75, 3.05) is 0 Å². The van der Waals surface area contributed by atoms with Crippen molar-refractivity contribution in [3.63, 3.8) is 0 Å². The zero-order valence-corrected chi connectivity index (χ0v) is 28.7. The van der Waals surface area contributed by atoms with Crippen LogP contribution in [-0.4, -0.2) is 0 Å². The lowest BCUT2D eigenvalue weighted by Gasteiger charge is -2.17. The van der Waals surface area contributed by atoms with E-state index in [0.717, 1.165) is 44.0 Å². The molecule has 0 N–H and O–H groups in total. The van der Waals surface area contributed by atoms with E-state index in [2.05, 4.69) is 108 Å². The van der Waals surface area contributed by atoms with E-state index in [1.807, 2.05) is 13.8 Å². The standard InChI is InChI=1S/C38H38Br2F2O/c1-21-25(17-31-35(37(31,3)4)23-7-11-27(39)12-8-23)15-29(41)19-33(21)43-34-20-30(42)16-26(22(34)2)18-32-36(38(32,5)6)24-9-13-28(40)14-10-24/h7-16,19-20,31-32,35-36H,17-18H2,1-6H3/t31-,32-,35-,36-/m0/s1. The topological polar surface area (TPSA) is 9.23 Å². The van der Waals surface area contributed by atoms with E-state index >= 15 is 8.78 Å². The highest BCUT2D eigenvalue weighted by Gasteiger charge is 2.58. The summed E-state index contributed by atoms with van der Waals surface area (Å²) in [4.78, 5) is 0. The zero-order valence-electron chi connectivity index (χ0n) is 25.6. The summed E-state index contributed by atoms with van der Waals surface area (Å²) in [7, 11) is 0. The van der Waals surface area contributed by atoms with Crippen molar-refractivity contribution in [2.45, 2.75) is 66.2 Å². The highest BCUT2D eigenvalue weighted by molar-refractivity contribution is 9.10. The normalized spacial score (nSPS) is 23.2. The van der Waals surface area contributed by atoms with Crippen LogP contribution in [0.25, 0.3) is 0 Å². The summed E-state index contributed by atoms with van der Waals surface area (Å²) in [5.41, 5.74) is 6.56. The van der Waals surface area contributed by atoms with E-state index in [1.54, 1.807) is 12.1 Å². The van der Waals surface area contributed by atoms with Gasteiger partial charge in [-0.1, -0.05) is 83.8 Å². The molecule has 0 aliphatic heterocycles. The van der Waals surface area contributed by atoms with Crippen LogP contribution in [0.5, 0.6) is 11.5 Å². The summed E-state index contributed by atoms with van der Waals surface area (Å²) >= 11 is 7.06. The summed E-state index contributed by atoms with van der Waals surface area (Å²) in [6, 6.07) is 23.2. The fraction of sp³-hybridized carbons (Fsp3) is 0.368. The largest absolute Gasteiger partial charge is 0.457 e. The van der Waals surface area contributed by atoms with E-state index in [4.69, 9.17) is 4.74 Å². The van der Waals surface area contributed by atoms with Crippen LogP contribution in [-0.2, 0) is 12.8 Å². The number of ether oxygens (including phenoxy) is 1. The van der Waals surface area contributed by atoms with Gasteiger partial charge in [-0.2, -0.15) is 0 Å². The van der Waals surface area contributed by atoms with Crippen LogP contribution in [0.3, 0.4) is 0 Å². The van der Waals surface area contributed by atoms with E-state index in [0.29, 0.717) is 35.2 Å². The molecule has 0 heterocycles. The number of halogens is 4. The zero-order chi connectivity index (χ0) is 30.8. The highest BCUT2D eigenvalue weighted by atomic mass is 79.9. The quantitative estimate of drug-likeness (QED) is 0.177. The minimum Gasteiger partial charge on any atom is -0.457 e. The molecule has 2 saturated carbocycles. The Balaban J connectivity index is 1.23. The number of benzene rings is 4. The van der Waals surface area contributed by atoms with Gasteiger partial charge in [-0.15, -0.1) is 0 Å². The van der Waals surface area contributed by atoms with Gasteiger partial charge in [0, 0.05) is 21.1 Å². The first-order valence-electron chi connectivity index (χ1n) is 15.0. The minimum atomic E-state index is -0.333. The molecule has 1 nitrogen and oxygen atoms in total. The van der Waals surface area contributed by atoms with Gasteiger partial charge < -0.3 is 4.74 Å². The van der Waals surface area contributed by atoms with Gasteiger partial charge in [0.05, 0.1) is 0 Å². The van der Waals surface area contributed by atoms with Crippen LogP contribution >= 0.6 is 31.9 Å². The summed E-state index contributed by atoms with van der Waals surface area (Å²) in [5, 5.41) is 0. The Morgan fingerprint density at radius 1 is 0.605 bits per heavy atom. The van der Waals surface area contributed by atoms with Gasteiger partial charge >= 0.3 is 0 Å². The predicted octanol–water partition coefficient (Wildman–Crippen LogP) is 11.9. The molecule has 43 heavy (non-hydrogen) atoms. The molecule has 0 radical (unpaired) electrons. The van der Waals surface area contributed by atoms with Gasteiger partial charge in [0.1, 0.15) is 23.1 Å². The SMILES string of the molecule is Cc1c(C[C@H]2[C@H](c3ccc(Br)cc3)C2(C)C)cc(F)cc1Oc1cc(F)cc(C[C@H]2[C@H](c3ccc(Br)cc3)C2(C)C)c1C. The Labute approximate surface area is 271 Å². The van der Waals surface area contributed by atoms with E-state index < -0.39 is 0 Å². The van der Waals surface area contributed by atoms with Gasteiger partial charge in [0.15, 0.2) is 0 Å². The summed E-state index contributed by atoms with van der Waals surface area (Å²) in [6.45, 7) is 13.1. The van der Waals surface area contributed by atoms with Crippen LogP contribution in [0.2, 0.25) is 0 Å². The van der Waals surface area contributed by atoms with Crippen LogP contribution in [0.4, 0.5) is 8.78 Å². The number of hydrogen-bond acceptors (Lipinski definition) is 1. The smallest absolute Gasteiger partial charge is 0.133 e. The van der Waals surface area contributed by atoms with Gasteiger partial charge in [0.2, 0.25) is 0 Å². The lowest BCUT2D eigenvalue weighted by Crippen LogP contribution is -2.03. The number of rotatable bonds is 8. The third-order valence-electron chi connectivity index (χ3n) is 10.5. The second-order valence-corrected chi connectivity index (χ2v) is 15.6. The first-order chi connectivity index (χ1) is 20.3. The van der Waals surface area contributed by atoms with E-state index in [1.165, 1.54) is 23.3 Å². The van der Waals surface area contributed by atoms with Crippen molar-refractivity contribution in [3.05, 3.63) is 127 Å². The molecule has 4 aromatic rings. The highest BCUT2D eigenvalue weighted by Crippen LogP contribution is 2.66. The maximum Gasteiger partial charge on any atom is 0.133 e. The second kappa shape index (κ2) is 11.1. The molecule has 0 saturated heterocycles. The molecule has 2 aliphatic rings. The first-order valence-corrected chi connectivity index (χ1v) is 16.6. The lowest BCUT2D eigenvalue weighted by molar-refractivity contribution is 0.459. The number of hydrogen-bond donors (Lipinski definition) is 0. The molecule has 6 rings (SSSR count). The van der Waals surface area contributed by atoms with Gasteiger partial charge in [-0.3, -0.25) is 0 Å². The third-order valence-corrected chi connectivity index (χ3v) is 11.6. The molecule has 0 spiro atoms. The fourth-order valence-electron chi connectivity index (χ4n) is 7.56. The molecule has 0 aromatic heterocycles. The minimum absolute atomic E-state index is 0.117. The Bertz CT molecular complexity index is 1550. The predicted molar refractivity (Wildman–Crippen MR) is 178 cm³/mol. The lowest BCUT2D eigenvalue weighted by atomic mass is 9.97. The Kier molecular flexibility index (Phi) is 7.91. The van der Waals surface area contributed by atoms with Crippen molar-refractivity contribution >= 4 is 31.9 Å². The van der Waals surface area contributed by atoms with Crippen molar-refractivity contribution < 1.29 is 13.5 Å². The second-order valence-electron chi connectivity index (χ2n) is 13.8. The molecule has 0 amide bonds. The van der Waals surface area contributed by atoms with Crippen molar-refractivity contribution in [1.82, 2.24) is 0 Å². The third kappa shape index (κ3) is 5.84. The van der Waals surface area contributed by atoms with Crippen LogP contribution in [0.15, 0.2) is 81.7 Å². The average Bonchev–Trinajstić information content (AvgIpc) is 3.70. The van der Waals surface area contributed by atoms with Crippen LogP contribution in [0.1, 0.15) is 72.9 Å². The summed E-state index contributed by atoms with van der Waals surface area (Å²) in [5.74, 6) is 1.85. The molecule has 4 atom stereocenters. The molecule has 4 aromatic carbocycles. The van der Waals surface area contributed by atoms with Gasteiger partial charge in [0.25, 0.3) is 0 Å². The molecule has 2 fully saturated rings. The Hall–Kier alpha value is -2.50. The molecular formula is C38H38Br2F2O. The maximum absolute atomic E-state index is 15.0. The molecule has 224 valence electrons. The van der Waals surface area contributed by atoms with Crippen LogP contribution in [0, 0.1) is 48.1 Å². The molecule has 0 unspecified atom stereocenters. The first kappa shape index (κ1) is 30.5. The van der Waals surface area contributed by atoms with Crippen LogP contribution < -0.4 is 4.74 Å². The average molecular weight is 709 g/mol. The van der Waals surface area contributed by atoms with E-state index in [-0.39, 0.29) is 22.5 Å². The Morgan fingerprint density at radius 3 is 1.30 bits per heavy atom. The van der Waals surface area contributed by atoms with Gasteiger partial charge in [-0.05, 0) is 131 Å². The summed E-state index contributed by atoms with van der Waals surface area (Å²) in [6.07, 6.45) is 1.52. The van der Waals surface area contributed by atoms with Crippen molar-refractivity contribution in [2.24, 2.45) is 22.7 Å². The van der Waals surface area contributed by atoms with E-state index in [9.17, 15) is 0 Å².